The van der Waals surface area contributed by atoms with Crippen LogP contribution in [-0.2, 0) is 20.6 Å². The van der Waals surface area contributed by atoms with Gasteiger partial charge in [0.05, 0.1) is 20.4 Å². The summed E-state index contributed by atoms with van der Waals surface area (Å²) < 4.78 is 81.9. The van der Waals surface area contributed by atoms with Gasteiger partial charge in [-0.25, -0.2) is 19.0 Å². The number of amides is 2. The number of nitrogens with zero attached hydrogens (tertiary/aromatic N) is 3. The average molecular weight is 617 g/mol. The Morgan fingerprint density at radius 1 is 1.07 bits per heavy atom. The maximum absolute atomic E-state index is 13.7. The third-order valence-electron chi connectivity index (χ3n) is 5.22. The van der Waals surface area contributed by atoms with Crippen LogP contribution < -0.4 is 10.1 Å². The van der Waals surface area contributed by atoms with Crippen LogP contribution in [0.25, 0.3) is 0 Å². The first-order valence-corrected chi connectivity index (χ1v) is 14.0. The maximum atomic E-state index is 13.7. The highest BCUT2D eigenvalue weighted by molar-refractivity contribution is 7.93. The summed E-state index contributed by atoms with van der Waals surface area (Å²) in [5.74, 6) is -2.74. The van der Waals surface area contributed by atoms with E-state index in [1.54, 1.807) is 20.8 Å². The van der Waals surface area contributed by atoms with Gasteiger partial charge in [-0.2, -0.15) is 17.6 Å². The number of aryl methyl sites for hydroxylation is 1. The van der Waals surface area contributed by atoms with Gasteiger partial charge in [0.25, 0.3) is 5.91 Å². The van der Waals surface area contributed by atoms with Crippen LogP contribution in [0.5, 0.6) is 11.6 Å². The molecule has 1 aromatic carbocycles. The van der Waals surface area contributed by atoms with E-state index < -0.39 is 61.6 Å². The molecular weight excluding hydrogens is 592 g/mol. The van der Waals surface area contributed by atoms with Gasteiger partial charge in [0.15, 0.2) is 11.4 Å². The number of benzene rings is 1. The molecule has 3 aromatic rings. The van der Waals surface area contributed by atoms with Gasteiger partial charge in [0.1, 0.15) is 11.2 Å². The van der Waals surface area contributed by atoms with Crippen molar-refractivity contribution in [3.8, 4) is 11.6 Å². The topological polar surface area (TPSA) is 120 Å². The van der Waals surface area contributed by atoms with Crippen molar-refractivity contribution >= 4 is 39.0 Å². The molecule has 2 aromatic heterocycles. The van der Waals surface area contributed by atoms with Crippen LogP contribution >= 0.6 is 11.6 Å². The lowest BCUT2D eigenvalue weighted by Crippen LogP contribution is -2.22. The number of rotatable bonds is 5. The standard InChI is InChI=1S/C26H25ClF4N4O5S/c1-13-19(23(34-21(20(13)27)26(29,30)31)39-17-10-11-18(28)32-14(17)2)22(36)33-15-8-7-9-16(12-15)41(6,38)35-24(37)40-25(3,4)5/h7-12H,1-6H3,(H,33,36)/t41-/m1/s1. The van der Waals surface area contributed by atoms with Crippen LogP contribution in [0.3, 0.4) is 0 Å². The van der Waals surface area contributed by atoms with E-state index in [0.717, 1.165) is 12.1 Å². The average Bonchev–Trinajstić information content (AvgIpc) is 2.80. The Morgan fingerprint density at radius 3 is 2.32 bits per heavy atom. The molecule has 0 fully saturated rings. The van der Waals surface area contributed by atoms with E-state index in [-0.39, 0.29) is 27.6 Å². The molecule has 0 aliphatic rings. The van der Waals surface area contributed by atoms with E-state index in [9.17, 15) is 31.4 Å². The van der Waals surface area contributed by atoms with Crippen molar-refractivity contribution < 1.29 is 40.8 Å². The van der Waals surface area contributed by atoms with Gasteiger partial charge in [0, 0.05) is 16.8 Å². The first kappa shape index (κ1) is 31.7. The van der Waals surface area contributed by atoms with Crippen LogP contribution in [-0.4, -0.2) is 38.0 Å². The molecule has 0 bridgehead atoms. The zero-order valence-corrected chi connectivity index (χ0v) is 24.2. The summed E-state index contributed by atoms with van der Waals surface area (Å²) in [6.45, 7) is 7.37. The fourth-order valence-corrected chi connectivity index (χ4v) is 4.74. The molecule has 0 unspecified atom stereocenters. The minimum atomic E-state index is -4.99. The molecule has 0 radical (unpaired) electrons. The minimum Gasteiger partial charge on any atom is -0.442 e. The van der Waals surface area contributed by atoms with E-state index in [4.69, 9.17) is 21.1 Å². The van der Waals surface area contributed by atoms with Crippen molar-refractivity contribution in [1.82, 2.24) is 9.97 Å². The number of alkyl halides is 3. The molecule has 9 nitrogen and oxygen atoms in total. The Balaban J connectivity index is 2.05. The number of hydrogen-bond acceptors (Lipinski definition) is 7. The lowest BCUT2D eigenvalue weighted by Gasteiger charge is -2.18. The number of pyridine rings is 2. The van der Waals surface area contributed by atoms with Crippen LogP contribution in [0.1, 0.15) is 48.1 Å². The normalized spacial score (nSPS) is 13.2. The summed E-state index contributed by atoms with van der Waals surface area (Å²) in [7, 11) is -3.32. The molecular formula is C26H25ClF4N4O5S. The highest BCUT2D eigenvalue weighted by atomic mass is 35.5. The van der Waals surface area contributed by atoms with Gasteiger partial charge in [-0.3, -0.25) is 4.79 Å². The number of ether oxygens (including phenoxy) is 2. The molecule has 0 spiro atoms. The number of nitrogens with one attached hydrogen (secondary N) is 1. The van der Waals surface area contributed by atoms with Gasteiger partial charge in [-0.1, -0.05) is 17.7 Å². The van der Waals surface area contributed by atoms with Gasteiger partial charge in [-0.15, -0.1) is 4.36 Å². The summed E-state index contributed by atoms with van der Waals surface area (Å²) in [6.07, 6.45) is -4.84. The Labute approximate surface area is 238 Å². The van der Waals surface area contributed by atoms with E-state index in [1.165, 1.54) is 44.4 Å². The molecule has 1 N–H and O–H groups in total. The Kier molecular flexibility index (Phi) is 8.99. The van der Waals surface area contributed by atoms with Crippen molar-refractivity contribution in [1.29, 1.82) is 0 Å². The molecule has 15 heteroatoms. The zero-order valence-electron chi connectivity index (χ0n) is 22.6. The minimum absolute atomic E-state index is 0.0153. The SMILES string of the molecule is Cc1nc(F)ccc1Oc1nc(C(F)(F)F)c(Cl)c(C)c1C(=O)Nc1cccc([S@@](C)(=O)=NC(=O)OC(C)(C)C)c1. The summed E-state index contributed by atoms with van der Waals surface area (Å²) in [5, 5.41) is 1.65. The number of anilines is 1. The van der Waals surface area contributed by atoms with E-state index in [0.29, 0.717) is 0 Å². The molecule has 0 aliphatic carbocycles. The predicted octanol–water partition coefficient (Wildman–Crippen LogP) is 7.34. The Bertz CT molecular complexity index is 1650. The molecule has 2 heterocycles. The fourth-order valence-electron chi connectivity index (χ4n) is 3.39. The van der Waals surface area contributed by atoms with Crippen molar-refractivity contribution in [2.24, 2.45) is 4.36 Å². The van der Waals surface area contributed by atoms with Gasteiger partial charge >= 0.3 is 12.3 Å². The summed E-state index contributed by atoms with van der Waals surface area (Å²) in [5.41, 5.74) is -3.08. The quantitative estimate of drug-likeness (QED) is 0.235. The van der Waals surface area contributed by atoms with Crippen molar-refractivity contribution in [3.63, 3.8) is 0 Å². The fraction of sp³-hybridized carbons (Fsp3) is 0.308. The van der Waals surface area contributed by atoms with Crippen molar-refractivity contribution in [2.75, 3.05) is 11.6 Å². The molecule has 41 heavy (non-hydrogen) atoms. The van der Waals surface area contributed by atoms with E-state index in [1.807, 2.05) is 0 Å². The zero-order chi connectivity index (χ0) is 30.9. The number of carbonyl (C=O) groups is 2. The number of carbonyl (C=O) groups excluding carboxylic acids is 2. The molecule has 0 aliphatic heterocycles. The third kappa shape index (κ3) is 7.91. The van der Waals surface area contributed by atoms with Crippen LogP contribution in [0.15, 0.2) is 45.7 Å². The predicted molar refractivity (Wildman–Crippen MR) is 143 cm³/mol. The molecule has 0 saturated carbocycles. The second-order valence-corrected chi connectivity index (χ2v) is 12.4. The third-order valence-corrected chi connectivity index (χ3v) is 7.30. The van der Waals surface area contributed by atoms with Gasteiger partial charge in [0.2, 0.25) is 11.8 Å². The second kappa shape index (κ2) is 11.6. The van der Waals surface area contributed by atoms with Crippen molar-refractivity contribution in [2.45, 2.75) is 51.3 Å². The number of aromatic nitrogens is 2. The molecule has 3 rings (SSSR count). The lowest BCUT2D eigenvalue weighted by atomic mass is 10.1. The molecule has 220 valence electrons. The number of halogens is 5. The monoisotopic (exact) mass is 616 g/mol. The smallest absolute Gasteiger partial charge is 0.442 e. The summed E-state index contributed by atoms with van der Waals surface area (Å²) in [6, 6.07) is 7.56. The largest absolute Gasteiger partial charge is 0.442 e. The number of hydrogen-bond donors (Lipinski definition) is 1. The van der Waals surface area contributed by atoms with Gasteiger partial charge in [-0.05, 0) is 70.5 Å². The lowest BCUT2D eigenvalue weighted by molar-refractivity contribution is -0.141. The van der Waals surface area contributed by atoms with Crippen LogP contribution in [0.4, 0.5) is 28.0 Å². The Hall–Kier alpha value is -3.78. The van der Waals surface area contributed by atoms with Gasteiger partial charge < -0.3 is 14.8 Å². The van der Waals surface area contributed by atoms with E-state index in [2.05, 4.69) is 19.6 Å². The Morgan fingerprint density at radius 2 is 1.73 bits per heavy atom. The second-order valence-electron chi connectivity index (χ2n) is 9.75. The van der Waals surface area contributed by atoms with Crippen molar-refractivity contribution in [3.05, 3.63) is 69.9 Å². The first-order valence-electron chi connectivity index (χ1n) is 11.7. The maximum Gasteiger partial charge on any atom is 0.442 e. The summed E-state index contributed by atoms with van der Waals surface area (Å²) >= 11 is 5.96. The highest BCUT2D eigenvalue weighted by Crippen LogP contribution is 2.40. The molecule has 1 atom stereocenters. The molecule has 2 amide bonds. The van der Waals surface area contributed by atoms with Crippen LogP contribution in [0.2, 0.25) is 5.02 Å². The van der Waals surface area contributed by atoms with E-state index >= 15 is 0 Å². The molecule has 0 saturated heterocycles. The highest BCUT2D eigenvalue weighted by Gasteiger charge is 2.39. The first-order chi connectivity index (χ1) is 18.8. The van der Waals surface area contributed by atoms with Crippen LogP contribution in [0, 0.1) is 19.8 Å². The summed E-state index contributed by atoms with van der Waals surface area (Å²) in [4.78, 5) is 32.6.